The van der Waals surface area contributed by atoms with Crippen LogP contribution in [0, 0.1) is 0 Å². The zero-order valence-electron chi connectivity index (χ0n) is 15.1. The van der Waals surface area contributed by atoms with Gasteiger partial charge >= 0.3 is 0 Å². The molecule has 2 aliphatic heterocycles. The third-order valence-electron chi connectivity index (χ3n) is 5.11. The Morgan fingerprint density at radius 2 is 1.84 bits per heavy atom. The van der Waals surface area contributed by atoms with Crippen LogP contribution >= 0.6 is 24.8 Å². The predicted molar refractivity (Wildman–Crippen MR) is 106 cm³/mol. The van der Waals surface area contributed by atoms with Crippen LogP contribution in [0.5, 0.6) is 0 Å². The summed E-state index contributed by atoms with van der Waals surface area (Å²) in [6.45, 7) is 9.84. The van der Waals surface area contributed by atoms with Gasteiger partial charge in [0.05, 0.1) is 0 Å². The molecule has 0 aliphatic carbocycles. The van der Waals surface area contributed by atoms with Crippen molar-refractivity contribution in [1.82, 2.24) is 20.1 Å². The molecule has 25 heavy (non-hydrogen) atoms. The van der Waals surface area contributed by atoms with Crippen LogP contribution in [0.4, 0.5) is 5.82 Å². The molecule has 0 aromatic carbocycles. The Kier molecular flexibility index (Phi) is 8.41. The molecule has 0 spiro atoms. The molecule has 2 atom stereocenters. The number of rotatable bonds is 2. The Bertz CT molecular complexity index is 566. The Morgan fingerprint density at radius 3 is 2.52 bits per heavy atom. The van der Waals surface area contributed by atoms with E-state index >= 15 is 0 Å². The van der Waals surface area contributed by atoms with Gasteiger partial charge in [0.25, 0.3) is 5.91 Å². The summed E-state index contributed by atoms with van der Waals surface area (Å²) >= 11 is 0. The van der Waals surface area contributed by atoms with Crippen LogP contribution in [0.2, 0.25) is 0 Å². The predicted octanol–water partition coefficient (Wildman–Crippen LogP) is 1.50. The topological polar surface area (TPSA) is 51.7 Å². The smallest absolute Gasteiger partial charge is 0.254 e. The number of halogens is 2. The van der Waals surface area contributed by atoms with Crippen molar-refractivity contribution in [3.8, 4) is 0 Å². The zero-order chi connectivity index (χ0) is 16.4. The van der Waals surface area contributed by atoms with Crippen LogP contribution in [-0.4, -0.2) is 79.1 Å². The molecule has 0 saturated carbocycles. The lowest BCUT2D eigenvalue weighted by molar-refractivity contribution is 0.0603. The van der Waals surface area contributed by atoms with E-state index in [9.17, 15) is 4.79 Å². The number of carbonyl (C=O) groups excluding carboxylic acids is 1. The second-order valence-corrected chi connectivity index (χ2v) is 6.67. The second kappa shape index (κ2) is 9.57. The monoisotopic (exact) mass is 389 g/mol. The van der Waals surface area contributed by atoms with E-state index in [0.29, 0.717) is 6.04 Å². The molecule has 2 unspecified atom stereocenters. The minimum absolute atomic E-state index is 0. The van der Waals surface area contributed by atoms with Crippen LogP contribution < -0.4 is 10.2 Å². The van der Waals surface area contributed by atoms with Crippen molar-refractivity contribution in [3.05, 3.63) is 23.9 Å². The van der Waals surface area contributed by atoms with Gasteiger partial charge in [-0.2, -0.15) is 0 Å². The molecule has 142 valence electrons. The highest BCUT2D eigenvalue weighted by atomic mass is 35.5. The number of nitrogens with one attached hydrogen (secondary N) is 1. The van der Waals surface area contributed by atoms with Crippen molar-refractivity contribution in [1.29, 1.82) is 0 Å². The molecule has 0 radical (unpaired) electrons. The van der Waals surface area contributed by atoms with Gasteiger partial charge in [0.15, 0.2) is 0 Å². The highest BCUT2D eigenvalue weighted by Gasteiger charge is 2.29. The number of carbonyl (C=O) groups is 1. The summed E-state index contributed by atoms with van der Waals surface area (Å²) in [5, 5.41) is 3.42. The first kappa shape index (κ1) is 22.0. The molecular weight excluding hydrogens is 361 g/mol. The van der Waals surface area contributed by atoms with Crippen molar-refractivity contribution in [2.45, 2.75) is 25.9 Å². The maximum Gasteiger partial charge on any atom is 0.254 e. The number of piperazine rings is 2. The molecule has 2 aliphatic rings. The third-order valence-corrected chi connectivity index (χ3v) is 5.11. The molecule has 3 rings (SSSR count). The largest absolute Gasteiger partial charge is 0.354 e. The highest BCUT2D eigenvalue weighted by Crippen LogP contribution is 2.18. The summed E-state index contributed by atoms with van der Waals surface area (Å²) in [5.41, 5.74) is 0.745. The van der Waals surface area contributed by atoms with Gasteiger partial charge in [0.1, 0.15) is 5.82 Å². The highest BCUT2D eigenvalue weighted by molar-refractivity contribution is 5.95. The van der Waals surface area contributed by atoms with Gasteiger partial charge in [-0.1, -0.05) is 0 Å². The SMILES string of the molecule is CC1NCCN(C(=O)c2ccnc(N3CCN(C)CC3)c2)C1C.Cl.Cl. The van der Waals surface area contributed by atoms with Gasteiger partial charge in [-0.15, -0.1) is 24.8 Å². The molecule has 1 N–H and O–H groups in total. The average molecular weight is 390 g/mol. The van der Waals surface area contributed by atoms with Crippen molar-refractivity contribution < 1.29 is 4.79 Å². The lowest BCUT2D eigenvalue weighted by atomic mass is 10.1. The number of anilines is 1. The first-order chi connectivity index (χ1) is 11.1. The Labute approximate surface area is 162 Å². The number of pyridine rings is 1. The number of aromatic nitrogens is 1. The molecule has 2 fully saturated rings. The van der Waals surface area contributed by atoms with E-state index in [4.69, 9.17) is 0 Å². The fourth-order valence-corrected chi connectivity index (χ4v) is 3.27. The van der Waals surface area contributed by atoms with E-state index in [1.54, 1.807) is 6.20 Å². The van der Waals surface area contributed by atoms with Crippen LogP contribution in [0.3, 0.4) is 0 Å². The number of hydrogen-bond donors (Lipinski definition) is 1. The van der Waals surface area contributed by atoms with Gasteiger partial charge in [0, 0.05) is 63.1 Å². The van der Waals surface area contributed by atoms with Gasteiger partial charge in [-0.05, 0) is 33.0 Å². The summed E-state index contributed by atoms with van der Waals surface area (Å²) in [6, 6.07) is 4.32. The number of nitrogens with zero attached hydrogens (tertiary/aromatic N) is 4. The summed E-state index contributed by atoms with van der Waals surface area (Å²) in [5.74, 6) is 1.03. The molecule has 2 saturated heterocycles. The summed E-state index contributed by atoms with van der Waals surface area (Å²) in [7, 11) is 2.14. The third kappa shape index (κ3) is 4.97. The zero-order valence-corrected chi connectivity index (χ0v) is 16.8. The summed E-state index contributed by atoms with van der Waals surface area (Å²) < 4.78 is 0. The van der Waals surface area contributed by atoms with Gasteiger partial charge in [0.2, 0.25) is 0 Å². The maximum absolute atomic E-state index is 12.9. The average Bonchev–Trinajstić information content (AvgIpc) is 2.57. The van der Waals surface area contributed by atoms with Crippen molar-refractivity contribution >= 4 is 36.5 Å². The van der Waals surface area contributed by atoms with Crippen LogP contribution in [0.25, 0.3) is 0 Å². The van der Waals surface area contributed by atoms with Crippen LogP contribution in [-0.2, 0) is 0 Å². The lowest BCUT2D eigenvalue weighted by Crippen LogP contribution is -2.57. The first-order valence-corrected chi connectivity index (χ1v) is 8.50. The van der Waals surface area contributed by atoms with Crippen molar-refractivity contribution in [3.63, 3.8) is 0 Å². The summed E-state index contributed by atoms with van der Waals surface area (Å²) in [6.07, 6.45) is 1.76. The van der Waals surface area contributed by atoms with E-state index in [0.717, 1.165) is 50.6 Å². The van der Waals surface area contributed by atoms with Crippen LogP contribution in [0.15, 0.2) is 18.3 Å². The number of hydrogen-bond acceptors (Lipinski definition) is 5. The standard InChI is InChI=1S/C17H27N5O.2ClH/c1-13-14(2)22(7-6-18-13)17(23)15-4-5-19-16(12-15)21-10-8-20(3)9-11-21;;/h4-5,12-14,18H,6-11H2,1-3H3;2*1H. The van der Waals surface area contributed by atoms with Gasteiger partial charge in [-0.25, -0.2) is 4.98 Å². The van der Waals surface area contributed by atoms with E-state index in [1.807, 2.05) is 17.0 Å². The van der Waals surface area contributed by atoms with E-state index in [2.05, 4.69) is 41.0 Å². The van der Waals surface area contributed by atoms with E-state index in [-0.39, 0.29) is 36.8 Å². The molecule has 3 heterocycles. The Balaban J connectivity index is 0.00000156. The second-order valence-electron chi connectivity index (χ2n) is 6.67. The lowest BCUT2D eigenvalue weighted by Gasteiger charge is -2.39. The number of likely N-dealkylation sites (N-methyl/N-ethyl adjacent to an activating group) is 1. The first-order valence-electron chi connectivity index (χ1n) is 8.50. The number of amides is 1. The molecule has 6 nitrogen and oxygen atoms in total. The quantitative estimate of drug-likeness (QED) is 0.830. The van der Waals surface area contributed by atoms with Gasteiger partial charge < -0.3 is 20.0 Å². The maximum atomic E-state index is 12.9. The fourth-order valence-electron chi connectivity index (χ4n) is 3.27. The van der Waals surface area contributed by atoms with Crippen molar-refractivity contribution in [2.75, 3.05) is 51.2 Å². The van der Waals surface area contributed by atoms with Gasteiger partial charge in [-0.3, -0.25) is 4.79 Å². The van der Waals surface area contributed by atoms with Crippen LogP contribution in [0.1, 0.15) is 24.2 Å². The Hall–Kier alpha value is -1.08. The molecule has 1 aromatic heterocycles. The van der Waals surface area contributed by atoms with Crippen molar-refractivity contribution in [2.24, 2.45) is 0 Å². The van der Waals surface area contributed by atoms with E-state index in [1.165, 1.54) is 0 Å². The molecular formula is C17H29Cl2N5O. The normalized spacial score (nSPS) is 24.3. The molecule has 1 amide bonds. The van der Waals surface area contributed by atoms with E-state index < -0.39 is 0 Å². The fraction of sp³-hybridized carbons (Fsp3) is 0.647. The molecule has 8 heteroatoms. The molecule has 0 bridgehead atoms. The minimum Gasteiger partial charge on any atom is -0.354 e. The summed E-state index contributed by atoms with van der Waals surface area (Å²) in [4.78, 5) is 23.9. The minimum atomic E-state index is 0. The molecule has 1 aromatic rings. The Morgan fingerprint density at radius 1 is 1.16 bits per heavy atom.